The predicted octanol–water partition coefficient (Wildman–Crippen LogP) is 5.14. The third-order valence-corrected chi connectivity index (χ3v) is 4.54. The Kier molecular flexibility index (Phi) is 5.07. The van der Waals surface area contributed by atoms with Crippen molar-refractivity contribution in [2.45, 2.75) is 31.7 Å². The minimum atomic E-state index is -0.554. The Labute approximate surface area is 144 Å². The first-order chi connectivity index (χ1) is 11.7. The van der Waals surface area contributed by atoms with Crippen molar-refractivity contribution < 1.29 is 0 Å². The normalized spacial score (nSPS) is 13.4. The van der Waals surface area contributed by atoms with Crippen molar-refractivity contribution in [2.24, 2.45) is 5.73 Å². The minimum absolute atomic E-state index is 0.554. The first-order valence-electron chi connectivity index (χ1n) is 8.60. The molecule has 1 atom stereocenters. The van der Waals surface area contributed by atoms with Crippen LogP contribution in [0, 0.1) is 0 Å². The number of benzene rings is 2. The number of nitrogens with zero attached hydrogens (tertiary/aromatic N) is 1. The van der Waals surface area contributed by atoms with E-state index in [9.17, 15) is 0 Å². The van der Waals surface area contributed by atoms with Crippen molar-refractivity contribution in [3.63, 3.8) is 0 Å². The van der Waals surface area contributed by atoms with E-state index in [4.69, 9.17) is 5.73 Å². The van der Waals surface area contributed by atoms with Crippen LogP contribution in [-0.4, -0.2) is 4.98 Å². The van der Waals surface area contributed by atoms with E-state index < -0.39 is 5.54 Å². The van der Waals surface area contributed by atoms with Crippen LogP contribution in [-0.2, 0) is 5.54 Å². The summed E-state index contributed by atoms with van der Waals surface area (Å²) in [6.45, 7) is 2.19. The van der Waals surface area contributed by atoms with Gasteiger partial charge < -0.3 is 5.73 Å². The Bertz CT molecular complexity index is 768. The van der Waals surface area contributed by atoms with E-state index in [1.165, 1.54) is 5.56 Å². The molecule has 0 aliphatic heterocycles. The molecular formula is C22H24N2. The number of nitrogens with two attached hydrogens (primary N) is 1. The van der Waals surface area contributed by atoms with Gasteiger partial charge >= 0.3 is 0 Å². The van der Waals surface area contributed by atoms with Gasteiger partial charge in [-0.25, -0.2) is 0 Å². The van der Waals surface area contributed by atoms with Crippen LogP contribution in [0.5, 0.6) is 0 Å². The van der Waals surface area contributed by atoms with Gasteiger partial charge in [0.1, 0.15) is 0 Å². The van der Waals surface area contributed by atoms with Gasteiger partial charge in [0.2, 0.25) is 0 Å². The Morgan fingerprint density at radius 3 is 2.21 bits per heavy atom. The molecule has 0 fully saturated rings. The molecule has 122 valence electrons. The summed E-state index contributed by atoms with van der Waals surface area (Å²) < 4.78 is 0. The lowest BCUT2D eigenvalue weighted by Gasteiger charge is -2.30. The van der Waals surface area contributed by atoms with E-state index in [1.807, 2.05) is 36.5 Å². The van der Waals surface area contributed by atoms with Crippen molar-refractivity contribution in [1.29, 1.82) is 0 Å². The van der Waals surface area contributed by atoms with Gasteiger partial charge in [0.25, 0.3) is 0 Å². The molecule has 0 bridgehead atoms. The predicted molar refractivity (Wildman–Crippen MR) is 101 cm³/mol. The summed E-state index contributed by atoms with van der Waals surface area (Å²) in [5.41, 5.74) is 10.8. The van der Waals surface area contributed by atoms with Crippen molar-refractivity contribution in [1.82, 2.24) is 4.98 Å². The molecule has 0 radical (unpaired) electrons. The molecule has 1 aromatic heterocycles. The van der Waals surface area contributed by atoms with Crippen LogP contribution >= 0.6 is 0 Å². The van der Waals surface area contributed by atoms with Crippen molar-refractivity contribution >= 4 is 0 Å². The SMILES string of the molecule is CCCC[C@](N)(c1ccccc1)c1cc(-c2ccccc2)ccn1. The zero-order valence-electron chi connectivity index (χ0n) is 14.2. The van der Waals surface area contributed by atoms with E-state index in [-0.39, 0.29) is 0 Å². The topological polar surface area (TPSA) is 38.9 Å². The summed E-state index contributed by atoms with van der Waals surface area (Å²) in [6.07, 6.45) is 4.94. The number of hydrogen-bond acceptors (Lipinski definition) is 2. The van der Waals surface area contributed by atoms with Gasteiger partial charge in [0.05, 0.1) is 11.2 Å². The maximum absolute atomic E-state index is 6.91. The summed E-state index contributed by atoms with van der Waals surface area (Å²) in [4.78, 5) is 4.64. The van der Waals surface area contributed by atoms with E-state index in [1.54, 1.807) is 0 Å². The molecule has 1 heterocycles. The molecule has 0 saturated heterocycles. The lowest BCUT2D eigenvalue weighted by Crippen LogP contribution is -2.38. The van der Waals surface area contributed by atoms with Gasteiger partial charge in [-0.05, 0) is 35.2 Å². The lowest BCUT2D eigenvalue weighted by molar-refractivity contribution is 0.457. The molecule has 0 amide bonds. The first kappa shape index (κ1) is 16.4. The molecule has 2 aromatic carbocycles. The molecule has 3 rings (SSSR count). The van der Waals surface area contributed by atoms with Crippen LogP contribution in [0.4, 0.5) is 0 Å². The number of pyridine rings is 1. The van der Waals surface area contributed by atoms with E-state index in [0.29, 0.717) is 0 Å². The Morgan fingerprint density at radius 1 is 0.875 bits per heavy atom. The number of aromatic nitrogens is 1. The Hall–Kier alpha value is -2.45. The van der Waals surface area contributed by atoms with Gasteiger partial charge in [-0.1, -0.05) is 80.4 Å². The molecule has 0 saturated carbocycles. The summed E-state index contributed by atoms with van der Waals surface area (Å²) in [7, 11) is 0. The molecule has 2 heteroatoms. The average Bonchev–Trinajstić information content (AvgIpc) is 2.67. The van der Waals surface area contributed by atoms with Gasteiger partial charge in [-0.15, -0.1) is 0 Å². The highest BCUT2D eigenvalue weighted by atomic mass is 14.8. The van der Waals surface area contributed by atoms with Crippen LogP contribution < -0.4 is 5.73 Å². The maximum atomic E-state index is 6.91. The highest BCUT2D eigenvalue weighted by Crippen LogP contribution is 2.32. The fourth-order valence-corrected chi connectivity index (χ4v) is 3.10. The Balaban J connectivity index is 2.05. The molecule has 3 aromatic rings. The smallest absolute Gasteiger partial charge is 0.0839 e. The fourth-order valence-electron chi connectivity index (χ4n) is 3.10. The molecule has 2 N–H and O–H groups in total. The largest absolute Gasteiger partial charge is 0.316 e. The molecule has 2 nitrogen and oxygen atoms in total. The quantitative estimate of drug-likeness (QED) is 0.683. The van der Waals surface area contributed by atoms with E-state index in [0.717, 1.165) is 36.1 Å². The Morgan fingerprint density at radius 2 is 1.54 bits per heavy atom. The van der Waals surface area contributed by atoms with Gasteiger partial charge in [0, 0.05) is 6.20 Å². The van der Waals surface area contributed by atoms with Gasteiger partial charge in [-0.2, -0.15) is 0 Å². The first-order valence-corrected chi connectivity index (χ1v) is 8.60. The van der Waals surface area contributed by atoms with Gasteiger partial charge in [0.15, 0.2) is 0 Å². The van der Waals surface area contributed by atoms with Gasteiger partial charge in [-0.3, -0.25) is 4.98 Å². The molecule has 0 aliphatic rings. The summed E-state index contributed by atoms with van der Waals surface area (Å²) in [5.74, 6) is 0. The zero-order chi connectivity index (χ0) is 16.8. The number of rotatable bonds is 6. The fraction of sp³-hybridized carbons (Fsp3) is 0.227. The van der Waals surface area contributed by atoms with E-state index in [2.05, 4.69) is 54.4 Å². The second-order valence-corrected chi connectivity index (χ2v) is 6.24. The molecular weight excluding hydrogens is 292 g/mol. The maximum Gasteiger partial charge on any atom is 0.0839 e. The van der Waals surface area contributed by atoms with Crippen LogP contribution in [0.15, 0.2) is 79.0 Å². The summed E-state index contributed by atoms with van der Waals surface area (Å²) >= 11 is 0. The molecule has 24 heavy (non-hydrogen) atoms. The second-order valence-electron chi connectivity index (χ2n) is 6.24. The highest BCUT2D eigenvalue weighted by molar-refractivity contribution is 5.63. The lowest BCUT2D eigenvalue weighted by atomic mass is 9.82. The van der Waals surface area contributed by atoms with E-state index >= 15 is 0 Å². The summed E-state index contributed by atoms with van der Waals surface area (Å²) in [6, 6.07) is 24.9. The number of hydrogen-bond donors (Lipinski definition) is 1. The number of unbranched alkanes of at least 4 members (excludes halogenated alkanes) is 1. The third kappa shape index (κ3) is 3.39. The van der Waals surface area contributed by atoms with Crippen molar-refractivity contribution in [2.75, 3.05) is 0 Å². The monoisotopic (exact) mass is 316 g/mol. The average molecular weight is 316 g/mol. The standard InChI is InChI=1S/C22H24N2/c1-2-3-15-22(23,20-12-8-5-9-13-20)21-17-19(14-16-24-21)18-10-6-4-7-11-18/h4-14,16-17H,2-3,15,23H2,1H3/t22-/m0/s1. The van der Waals surface area contributed by atoms with Crippen LogP contribution in [0.2, 0.25) is 0 Å². The van der Waals surface area contributed by atoms with Crippen molar-refractivity contribution in [3.05, 3.63) is 90.3 Å². The van der Waals surface area contributed by atoms with Crippen LogP contribution in [0.1, 0.15) is 37.4 Å². The zero-order valence-corrected chi connectivity index (χ0v) is 14.2. The molecule has 0 spiro atoms. The highest BCUT2D eigenvalue weighted by Gasteiger charge is 2.30. The second kappa shape index (κ2) is 7.41. The minimum Gasteiger partial charge on any atom is -0.316 e. The molecule has 0 aliphatic carbocycles. The van der Waals surface area contributed by atoms with Crippen molar-refractivity contribution in [3.8, 4) is 11.1 Å². The van der Waals surface area contributed by atoms with Crippen LogP contribution in [0.3, 0.4) is 0 Å². The summed E-state index contributed by atoms with van der Waals surface area (Å²) in [5, 5.41) is 0. The third-order valence-electron chi connectivity index (χ3n) is 4.54. The molecule has 0 unspecified atom stereocenters. The van der Waals surface area contributed by atoms with Crippen LogP contribution in [0.25, 0.3) is 11.1 Å².